The van der Waals surface area contributed by atoms with E-state index in [0.717, 1.165) is 17.7 Å². The van der Waals surface area contributed by atoms with E-state index in [0.29, 0.717) is 47.6 Å². The average molecular weight is 429 g/mol. The fraction of sp³-hybridized carbons (Fsp3) is 0.381. The zero-order valence-electron chi connectivity index (χ0n) is 17.1. The van der Waals surface area contributed by atoms with Gasteiger partial charge in [0.1, 0.15) is 0 Å². The molecule has 1 atom stereocenters. The molecule has 0 radical (unpaired) electrons. The lowest BCUT2D eigenvalue weighted by Crippen LogP contribution is -2.39. The highest BCUT2D eigenvalue weighted by atomic mass is 32.1. The third kappa shape index (κ3) is 3.85. The zero-order valence-corrected chi connectivity index (χ0v) is 17.9. The molecule has 1 saturated heterocycles. The van der Waals surface area contributed by atoms with Crippen molar-refractivity contribution in [3.8, 4) is 28.0 Å². The molecule has 0 N–H and O–H groups in total. The SMILES string of the molecule is COc1cc(C(=O)N2CCC[C@@H](c3nc(-c4cccs4)no3)C2)cc(OC)c1OC. The van der Waals surface area contributed by atoms with Gasteiger partial charge in [0.2, 0.25) is 17.5 Å². The van der Waals surface area contributed by atoms with E-state index < -0.39 is 0 Å². The van der Waals surface area contributed by atoms with Gasteiger partial charge in [-0.15, -0.1) is 11.3 Å². The second kappa shape index (κ2) is 8.74. The first kappa shape index (κ1) is 20.2. The molecule has 1 fully saturated rings. The standard InChI is InChI=1S/C21H23N3O5S/c1-26-15-10-14(11-16(27-2)18(15)28-3)21(25)24-8-4-6-13(12-24)20-22-19(23-29-20)17-7-5-9-30-17/h5,7,9-11,13H,4,6,8,12H2,1-3H3/t13-/m1/s1. The minimum absolute atomic E-state index is 0.00551. The quantitative estimate of drug-likeness (QED) is 0.588. The second-order valence-electron chi connectivity index (χ2n) is 6.94. The lowest BCUT2D eigenvalue weighted by Gasteiger charge is -2.31. The molecule has 1 amide bonds. The summed E-state index contributed by atoms with van der Waals surface area (Å²) < 4.78 is 21.6. The van der Waals surface area contributed by atoms with Gasteiger partial charge in [0, 0.05) is 18.7 Å². The van der Waals surface area contributed by atoms with Gasteiger partial charge in [-0.25, -0.2) is 0 Å². The van der Waals surface area contributed by atoms with Gasteiger partial charge in [-0.05, 0) is 36.4 Å². The van der Waals surface area contributed by atoms with Crippen LogP contribution in [0.2, 0.25) is 0 Å². The van der Waals surface area contributed by atoms with Crippen molar-refractivity contribution in [2.24, 2.45) is 0 Å². The maximum Gasteiger partial charge on any atom is 0.254 e. The highest BCUT2D eigenvalue weighted by Crippen LogP contribution is 2.39. The Morgan fingerprint density at radius 2 is 1.97 bits per heavy atom. The van der Waals surface area contributed by atoms with Crippen LogP contribution in [0.3, 0.4) is 0 Å². The minimum Gasteiger partial charge on any atom is -0.493 e. The van der Waals surface area contributed by atoms with Crippen LogP contribution in [0.5, 0.6) is 17.2 Å². The average Bonchev–Trinajstić information content (AvgIpc) is 3.49. The first-order chi connectivity index (χ1) is 14.6. The minimum atomic E-state index is -0.100. The number of ether oxygens (including phenoxy) is 3. The number of likely N-dealkylation sites (tertiary alicyclic amines) is 1. The van der Waals surface area contributed by atoms with Gasteiger partial charge in [-0.3, -0.25) is 4.79 Å². The molecule has 1 aliphatic heterocycles. The highest BCUT2D eigenvalue weighted by molar-refractivity contribution is 7.13. The molecule has 2 aromatic heterocycles. The fourth-order valence-electron chi connectivity index (χ4n) is 3.66. The van der Waals surface area contributed by atoms with E-state index in [-0.39, 0.29) is 11.8 Å². The molecule has 0 aliphatic carbocycles. The molecular weight excluding hydrogens is 406 g/mol. The van der Waals surface area contributed by atoms with Crippen LogP contribution in [0.25, 0.3) is 10.7 Å². The second-order valence-corrected chi connectivity index (χ2v) is 7.89. The van der Waals surface area contributed by atoms with Gasteiger partial charge in [0.25, 0.3) is 5.91 Å². The smallest absolute Gasteiger partial charge is 0.254 e. The fourth-order valence-corrected chi connectivity index (χ4v) is 4.31. The Morgan fingerprint density at radius 1 is 1.20 bits per heavy atom. The third-order valence-corrected chi connectivity index (χ3v) is 6.02. The van der Waals surface area contributed by atoms with Crippen LogP contribution in [0.1, 0.15) is 35.0 Å². The zero-order chi connectivity index (χ0) is 21.1. The molecule has 3 aromatic rings. The topological polar surface area (TPSA) is 86.9 Å². The van der Waals surface area contributed by atoms with Crippen LogP contribution in [0.15, 0.2) is 34.2 Å². The summed E-state index contributed by atoms with van der Waals surface area (Å²) in [5.74, 6) is 2.43. The van der Waals surface area contributed by atoms with Crippen molar-refractivity contribution in [3.63, 3.8) is 0 Å². The Kier molecular flexibility index (Phi) is 5.89. The highest BCUT2D eigenvalue weighted by Gasteiger charge is 2.30. The van der Waals surface area contributed by atoms with E-state index in [2.05, 4.69) is 10.1 Å². The van der Waals surface area contributed by atoms with Gasteiger partial charge < -0.3 is 23.6 Å². The van der Waals surface area contributed by atoms with Crippen LogP contribution >= 0.6 is 11.3 Å². The molecule has 9 heteroatoms. The maximum absolute atomic E-state index is 13.2. The number of benzene rings is 1. The summed E-state index contributed by atoms with van der Waals surface area (Å²) in [4.78, 5) is 20.5. The van der Waals surface area contributed by atoms with Crippen molar-refractivity contribution in [1.29, 1.82) is 0 Å². The van der Waals surface area contributed by atoms with Gasteiger partial charge in [-0.1, -0.05) is 11.2 Å². The molecule has 0 unspecified atom stereocenters. The largest absolute Gasteiger partial charge is 0.493 e. The van der Waals surface area contributed by atoms with Crippen molar-refractivity contribution >= 4 is 17.2 Å². The summed E-state index contributed by atoms with van der Waals surface area (Å²) in [6, 6.07) is 7.26. The number of hydrogen-bond acceptors (Lipinski definition) is 8. The van der Waals surface area contributed by atoms with E-state index in [1.807, 2.05) is 22.4 Å². The third-order valence-electron chi connectivity index (χ3n) is 5.15. The van der Waals surface area contributed by atoms with Gasteiger partial charge in [0.05, 0.1) is 32.1 Å². The number of hydrogen-bond donors (Lipinski definition) is 0. The Labute approximate surface area is 178 Å². The molecule has 1 aliphatic rings. The van der Waals surface area contributed by atoms with Crippen molar-refractivity contribution < 1.29 is 23.5 Å². The number of carbonyl (C=O) groups excluding carboxylic acids is 1. The summed E-state index contributed by atoms with van der Waals surface area (Å²) in [5.41, 5.74) is 0.481. The molecule has 158 valence electrons. The summed E-state index contributed by atoms with van der Waals surface area (Å²) in [5, 5.41) is 6.08. The number of nitrogens with zero attached hydrogens (tertiary/aromatic N) is 3. The number of aromatic nitrogens is 2. The van der Waals surface area contributed by atoms with Gasteiger partial charge in [0.15, 0.2) is 11.5 Å². The number of carbonyl (C=O) groups is 1. The first-order valence-corrected chi connectivity index (χ1v) is 10.5. The molecule has 1 aromatic carbocycles. The molecule has 0 bridgehead atoms. The molecule has 0 saturated carbocycles. The van der Waals surface area contributed by atoms with Gasteiger partial charge in [-0.2, -0.15) is 4.98 Å². The molecule has 0 spiro atoms. The van der Waals surface area contributed by atoms with Crippen LogP contribution in [0.4, 0.5) is 0 Å². The Balaban J connectivity index is 1.54. The number of methoxy groups -OCH3 is 3. The number of piperidine rings is 1. The summed E-state index contributed by atoms with van der Waals surface area (Å²) in [7, 11) is 4.60. The normalized spacial score (nSPS) is 16.4. The Bertz CT molecular complexity index is 993. The monoisotopic (exact) mass is 429 g/mol. The molecule has 3 heterocycles. The Morgan fingerprint density at radius 3 is 2.60 bits per heavy atom. The summed E-state index contributed by atoms with van der Waals surface area (Å²) in [6.45, 7) is 1.18. The van der Waals surface area contributed by atoms with Gasteiger partial charge >= 0.3 is 0 Å². The lowest BCUT2D eigenvalue weighted by atomic mass is 9.97. The molecular formula is C21H23N3O5S. The number of thiophene rings is 1. The maximum atomic E-state index is 13.2. The van der Waals surface area contributed by atoms with E-state index in [9.17, 15) is 4.79 Å². The predicted molar refractivity (Wildman–Crippen MR) is 112 cm³/mol. The van der Waals surface area contributed by atoms with Crippen LogP contribution < -0.4 is 14.2 Å². The molecule has 8 nitrogen and oxygen atoms in total. The van der Waals surface area contributed by atoms with Crippen molar-refractivity contribution in [1.82, 2.24) is 15.0 Å². The molecule has 30 heavy (non-hydrogen) atoms. The number of rotatable bonds is 6. The lowest BCUT2D eigenvalue weighted by molar-refractivity contribution is 0.0695. The van der Waals surface area contributed by atoms with E-state index in [4.69, 9.17) is 18.7 Å². The van der Waals surface area contributed by atoms with Crippen molar-refractivity contribution in [2.45, 2.75) is 18.8 Å². The number of amides is 1. The van der Waals surface area contributed by atoms with E-state index in [1.165, 1.54) is 21.3 Å². The predicted octanol–water partition coefficient (Wildman–Crippen LogP) is 3.84. The van der Waals surface area contributed by atoms with Crippen LogP contribution in [-0.2, 0) is 0 Å². The van der Waals surface area contributed by atoms with Crippen LogP contribution in [0, 0.1) is 0 Å². The molecule has 4 rings (SSSR count). The van der Waals surface area contributed by atoms with Crippen LogP contribution in [-0.4, -0.2) is 55.4 Å². The first-order valence-electron chi connectivity index (χ1n) is 9.61. The summed E-state index contributed by atoms with van der Waals surface area (Å²) >= 11 is 1.57. The summed E-state index contributed by atoms with van der Waals surface area (Å²) in [6.07, 6.45) is 1.75. The Hall–Kier alpha value is -3.07. The van der Waals surface area contributed by atoms with Crippen molar-refractivity contribution in [3.05, 3.63) is 41.1 Å². The van der Waals surface area contributed by atoms with Crippen molar-refractivity contribution in [2.75, 3.05) is 34.4 Å². The van der Waals surface area contributed by atoms with E-state index in [1.54, 1.807) is 23.5 Å². The van der Waals surface area contributed by atoms with E-state index >= 15 is 0 Å².